The average Bonchev–Trinajstić information content (AvgIpc) is 2.32. The van der Waals surface area contributed by atoms with Crippen molar-refractivity contribution in [1.29, 1.82) is 0 Å². The first-order chi connectivity index (χ1) is 8.50. The molecule has 0 amide bonds. The minimum absolute atomic E-state index is 0.339. The number of alkyl halides is 1. The van der Waals surface area contributed by atoms with Gasteiger partial charge in [0.1, 0.15) is 0 Å². The summed E-state index contributed by atoms with van der Waals surface area (Å²) >= 11 is 24.6. The van der Waals surface area contributed by atoms with Crippen molar-refractivity contribution < 1.29 is 0 Å². The Kier molecular flexibility index (Phi) is 4.45. The van der Waals surface area contributed by atoms with Crippen molar-refractivity contribution in [2.75, 3.05) is 0 Å². The Morgan fingerprint density at radius 1 is 0.889 bits per heavy atom. The molecule has 0 aromatic heterocycles. The van der Waals surface area contributed by atoms with Gasteiger partial charge in [-0.3, -0.25) is 0 Å². The highest BCUT2D eigenvalue weighted by Crippen LogP contribution is 2.37. The van der Waals surface area contributed by atoms with E-state index in [0.717, 1.165) is 16.7 Å². The van der Waals surface area contributed by atoms with Crippen molar-refractivity contribution >= 4 is 46.4 Å². The van der Waals surface area contributed by atoms with Crippen molar-refractivity contribution in [3.05, 3.63) is 68.2 Å². The van der Waals surface area contributed by atoms with Gasteiger partial charge >= 0.3 is 0 Å². The highest BCUT2D eigenvalue weighted by Gasteiger charge is 2.17. The smallest absolute Gasteiger partial charge is 0.0852 e. The quantitative estimate of drug-likeness (QED) is 0.571. The molecular weight excluding hydrogens is 310 g/mol. The van der Waals surface area contributed by atoms with E-state index in [1.54, 1.807) is 12.1 Å². The molecule has 2 aromatic carbocycles. The van der Waals surface area contributed by atoms with E-state index >= 15 is 0 Å². The largest absolute Gasteiger partial charge is 0.113 e. The zero-order chi connectivity index (χ0) is 13.3. The van der Waals surface area contributed by atoms with Crippen LogP contribution < -0.4 is 0 Å². The van der Waals surface area contributed by atoms with Crippen molar-refractivity contribution in [2.24, 2.45) is 0 Å². The molecule has 0 spiro atoms. The van der Waals surface area contributed by atoms with Crippen LogP contribution in [0.5, 0.6) is 0 Å². The third-order valence-corrected chi connectivity index (χ3v) is 4.26. The monoisotopic (exact) mass is 318 g/mol. The van der Waals surface area contributed by atoms with E-state index in [9.17, 15) is 0 Å². The number of halogens is 4. The van der Waals surface area contributed by atoms with E-state index in [1.165, 1.54) is 0 Å². The standard InChI is InChI=1S/C14H10Cl4/c1-8-10(3-2-4-12(8)16)14(18)11-6-5-9(15)7-13(11)17/h2-7,14H,1H3. The molecule has 1 atom stereocenters. The fourth-order valence-electron chi connectivity index (χ4n) is 1.77. The number of benzene rings is 2. The van der Waals surface area contributed by atoms with E-state index in [2.05, 4.69) is 0 Å². The van der Waals surface area contributed by atoms with E-state index in [0.29, 0.717) is 15.1 Å². The lowest BCUT2D eigenvalue weighted by atomic mass is 10.00. The van der Waals surface area contributed by atoms with Crippen LogP contribution in [0.25, 0.3) is 0 Å². The Balaban J connectivity index is 2.48. The normalized spacial score (nSPS) is 12.5. The fourth-order valence-corrected chi connectivity index (χ4v) is 2.96. The van der Waals surface area contributed by atoms with E-state index < -0.39 is 0 Å². The fraction of sp³-hybridized carbons (Fsp3) is 0.143. The van der Waals surface area contributed by atoms with Gasteiger partial charge in [-0.05, 0) is 41.8 Å². The molecule has 0 nitrogen and oxygen atoms in total. The van der Waals surface area contributed by atoms with Gasteiger partial charge in [0.2, 0.25) is 0 Å². The van der Waals surface area contributed by atoms with Gasteiger partial charge in [-0.15, -0.1) is 11.6 Å². The summed E-state index contributed by atoms with van der Waals surface area (Å²) < 4.78 is 0. The summed E-state index contributed by atoms with van der Waals surface area (Å²) in [6.07, 6.45) is 0. The molecule has 0 N–H and O–H groups in total. The van der Waals surface area contributed by atoms with Crippen LogP contribution in [0, 0.1) is 6.92 Å². The zero-order valence-corrected chi connectivity index (χ0v) is 12.6. The molecule has 1 unspecified atom stereocenters. The van der Waals surface area contributed by atoms with Gasteiger partial charge in [0.05, 0.1) is 5.38 Å². The molecule has 0 heterocycles. The van der Waals surface area contributed by atoms with E-state index in [4.69, 9.17) is 46.4 Å². The van der Waals surface area contributed by atoms with E-state index in [1.807, 2.05) is 31.2 Å². The van der Waals surface area contributed by atoms with Gasteiger partial charge < -0.3 is 0 Å². The molecule has 2 aromatic rings. The van der Waals surface area contributed by atoms with Gasteiger partial charge in [0, 0.05) is 15.1 Å². The second-order valence-electron chi connectivity index (χ2n) is 3.98. The van der Waals surface area contributed by atoms with Gasteiger partial charge in [-0.2, -0.15) is 0 Å². The molecule has 2 rings (SSSR count). The summed E-state index contributed by atoms with van der Waals surface area (Å²) in [5.74, 6) is 0. The summed E-state index contributed by atoms with van der Waals surface area (Å²) in [5.41, 5.74) is 2.74. The average molecular weight is 320 g/mol. The maximum absolute atomic E-state index is 6.48. The summed E-state index contributed by atoms with van der Waals surface area (Å²) in [4.78, 5) is 0. The molecule has 0 aliphatic heterocycles. The zero-order valence-electron chi connectivity index (χ0n) is 9.55. The van der Waals surface area contributed by atoms with Crippen molar-refractivity contribution in [3.8, 4) is 0 Å². The Bertz CT molecular complexity index is 578. The Morgan fingerprint density at radius 2 is 1.61 bits per heavy atom. The van der Waals surface area contributed by atoms with Crippen LogP contribution in [0.4, 0.5) is 0 Å². The SMILES string of the molecule is Cc1c(Cl)cccc1C(Cl)c1ccc(Cl)cc1Cl. The molecule has 0 saturated carbocycles. The minimum atomic E-state index is -0.339. The van der Waals surface area contributed by atoms with E-state index in [-0.39, 0.29) is 5.38 Å². The maximum Gasteiger partial charge on any atom is 0.0852 e. The first-order valence-electron chi connectivity index (χ1n) is 5.34. The molecule has 4 heteroatoms. The van der Waals surface area contributed by atoms with Crippen LogP contribution in [0.15, 0.2) is 36.4 Å². The van der Waals surface area contributed by atoms with Crippen molar-refractivity contribution in [1.82, 2.24) is 0 Å². The van der Waals surface area contributed by atoms with Crippen LogP contribution in [-0.4, -0.2) is 0 Å². The summed E-state index contributed by atoms with van der Waals surface area (Å²) in [6, 6.07) is 11.0. The molecular formula is C14H10Cl4. The minimum Gasteiger partial charge on any atom is -0.113 e. The molecule has 94 valence electrons. The van der Waals surface area contributed by atoms with Crippen LogP contribution in [0.2, 0.25) is 15.1 Å². The van der Waals surface area contributed by atoms with Crippen molar-refractivity contribution in [2.45, 2.75) is 12.3 Å². The molecule has 0 saturated heterocycles. The second kappa shape index (κ2) is 5.71. The van der Waals surface area contributed by atoms with Gasteiger partial charge in [-0.25, -0.2) is 0 Å². The van der Waals surface area contributed by atoms with Crippen LogP contribution >= 0.6 is 46.4 Å². The van der Waals surface area contributed by atoms with Crippen LogP contribution in [0.1, 0.15) is 22.1 Å². The molecule has 0 bridgehead atoms. The van der Waals surface area contributed by atoms with Crippen molar-refractivity contribution in [3.63, 3.8) is 0 Å². The lowest BCUT2D eigenvalue weighted by Crippen LogP contribution is -1.97. The third-order valence-electron chi connectivity index (χ3n) is 2.82. The van der Waals surface area contributed by atoms with Crippen LogP contribution in [0.3, 0.4) is 0 Å². The first kappa shape index (κ1) is 14.0. The number of hydrogen-bond donors (Lipinski definition) is 0. The Labute approximate surface area is 126 Å². The molecule has 0 aliphatic rings. The summed E-state index contributed by atoms with van der Waals surface area (Å²) in [6.45, 7) is 1.94. The lowest BCUT2D eigenvalue weighted by molar-refractivity contribution is 1.11. The van der Waals surface area contributed by atoms with Gasteiger partial charge in [-0.1, -0.05) is 53.0 Å². The topological polar surface area (TPSA) is 0 Å². The Hall–Kier alpha value is -0.400. The van der Waals surface area contributed by atoms with Crippen LogP contribution in [-0.2, 0) is 0 Å². The van der Waals surface area contributed by atoms with Gasteiger partial charge in [0.15, 0.2) is 0 Å². The number of rotatable bonds is 2. The second-order valence-corrected chi connectivity index (χ2v) is 5.67. The molecule has 0 fully saturated rings. The third kappa shape index (κ3) is 2.78. The predicted octanol–water partition coefficient (Wildman–Crippen LogP) is 6.28. The van der Waals surface area contributed by atoms with Gasteiger partial charge in [0.25, 0.3) is 0 Å². The highest BCUT2D eigenvalue weighted by atomic mass is 35.5. The summed E-state index contributed by atoms with van der Waals surface area (Å²) in [7, 11) is 0. The molecule has 0 aliphatic carbocycles. The predicted molar refractivity (Wildman–Crippen MR) is 80.3 cm³/mol. The first-order valence-corrected chi connectivity index (χ1v) is 6.91. The molecule has 0 radical (unpaired) electrons. The number of hydrogen-bond acceptors (Lipinski definition) is 0. The highest BCUT2D eigenvalue weighted by molar-refractivity contribution is 6.36. The molecule has 18 heavy (non-hydrogen) atoms. The summed E-state index contributed by atoms with van der Waals surface area (Å²) in [5, 5.41) is 1.51. The Morgan fingerprint density at radius 3 is 2.28 bits per heavy atom. The maximum atomic E-state index is 6.48. The lowest BCUT2D eigenvalue weighted by Gasteiger charge is -2.15.